The predicted octanol–water partition coefficient (Wildman–Crippen LogP) is 5.36. The van der Waals surface area contributed by atoms with Crippen LogP contribution in [0.2, 0.25) is 0 Å². The van der Waals surface area contributed by atoms with Crippen LogP contribution in [0.25, 0.3) is 11.0 Å². The lowest BCUT2D eigenvalue weighted by atomic mass is 10.1. The van der Waals surface area contributed by atoms with Crippen LogP contribution in [0.4, 0.5) is 0 Å². The van der Waals surface area contributed by atoms with E-state index in [9.17, 15) is 4.79 Å². The van der Waals surface area contributed by atoms with Gasteiger partial charge >= 0.3 is 0 Å². The number of para-hydroxylation sites is 2. The van der Waals surface area contributed by atoms with E-state index in [2.05, 4.69) is 47.1 Å². The number of imidazole rings is 1. The van der Waals surface area contributed by atoms with E-state index in [1.165, 1.54) is 11.1 Å². The summed E-state index contributed by atoms with van der Waals surface area (Å²) in [4.78, 5) is 17.1. The van der Waals surface area contributed by atoms with Gasteiger partial charge in [-0.2, -0.15) is 0 Å². The van der Waals surface area contributed by atoms with Crippen molar-refractivity contribution in [2.45, 2.75) is 45.6 Å². The maximum absolute atomic E-state index is 12.3. The highest BCUT2D eigenvalue weighted by atomic mass is 16.5. The zero-order chi connectivity index (χ0) is 23.6. The number of aryl methyl sites for hydroxylation is 3. The van der Waals surface area contributed by atoms with Crippen molar-refractivity contribution in [1.29, 1.82) is 0 Å². The molecule has 0 aliphatic carbocycles. The van der Waals surface area contributed by atoms with Gasteiger partial charge < -0.3 is 14.6 Å². The Balaban J connectivity index is 1.29. The lowest BCUT2D eigenvalue weighted by Gasteiger charge is -2.11. The van der Waals surface area contributed by atoms with Gasteiger partial charge in [-0.15, -0.1) is 0 Å². The van der Waals surface area contributed by atoms with E-state index in [4.69, 9.17) is 9.72 Å². The monoisotopic (exact) mass is 455 g/mol. The Labute approximate surface area is 201 Å². The fourth-order valence-electron chi connectivity index (χ4n) is 4.10. The quantitative estimate of drug-likeness (QED) is 0.293. The summed E-state index contributed by atoms with van der Waals surface area (Å²) < 4.78 is 8.20. The molecule has 0 saturated heterocycles. The number of amides is 1. The van der Waals surface area contributed by atoms with Crippen LogP contribution in [0.15, 0.2) is 78.9 Å². The topological polar surface area (TPSA) is 56.1 Å². The van der Waals surface area contributed by atoms with Crippen molar-refractivity contribution in [2.75, 3.05) is 13.2 Å². The summed E-state index contributed by atoms with van der Waals surface area (Å²) >= 11 is 0. The van der Waals surface area contributed by atoms with Crippen molar-refractivity contribution >= 4 is 16.9 Å². The standard InChI is InChI=1S/C29H33N3O2/c1-2-23-13-16-25(17-14-23)34-22-8-21-32-27-12-7-6-11-26(27)31-28(32)19-20-30-29(33)18-15-24-9-4-3-5-10-24/h3-7,9-14,16-17H,2,8,15,18-22H2,1H3,(H,30,33). The van der Waals surface area contributed by atoms with Crippen LogP contribution in [-0.4, -0.2) is 28.6 Å². The van der Waals surface area contributed by atoms with Crippen molar-refractivity contribution in [1.82, 2.24) is 14.9 Å². The van der Waals surface area contributed by atoms with Crippen LogP contribution in [0.3, 0.4) is 0 Å². The molecule has 0 unspecified atom stereocenters. The van der Waals surface area contributed by atoms with Crippen LogP contribution in [0.1, 0.15) is 36.7 Å². The zero-order valence-corrected chi connectivity index (χ0v) is 19.9. The van der Waals surface area contributed by atoms with Crippen molar-refractivity contribution < 1.29 is 9.53 Å². The Kier molecular flexibility index (Phi) is 8.33. The first kappa shape index (κ1) is 23.6. The van der Waals surface area contributed by atoms with Gasteiger partial charge in [-0.05, 0) is 54.7 Å². The Morgan fingerprint density at radius 1 is 0.912 bits per heavy atom. The molecule has 0 spiro atoms. The largest absolute Gasteiger partial charge is 0.494 e. The summed E-state index contributed by atoms with van der Waals surface area (Å²) in [6.07, 6.45) is 3.87. The number of hydrogen-bond acceptors (Lipinski definition) is 3. The molecule has 0 radical (unpaired) electrons. The molecular formula is C29H33N3O2. The minimum absolute atomic E-state index is 0.0778. The van der Waals surface area contributed by atoms with E-state index >= 15 is 0 Å². The molecule has 5 heteroatoms. The highest BCUT2D eigenvalue weighted by Crippen LogP contribution is 2.18. The van der Waals surface area contributed by atoms with E-state index in [0.29, 0.717) is 26.0 Å². The summed E-state index contributed by atoms with van der Waals surface area (Å²) in [6, 6.07) is 26.6. The molecule has 34 heavy (non-hydrogen) atoms. The summed E-state index contributed by atoms with van der Waals surface area (Å²) in [5.74, 6) is 1.98. The summed E-state index contributed by atoms with van der Waals surface area (Å²) in [5.41, 5.74) is 4.61. The molecule has 0 fully saturated rings. The van der Waals surface area contributed by atoms with E-state index < -0.39 is 0 Å². The van der Waals surface area contributed by atoms with Gasteiger partial charge in [0.15, 0.2) is 0 Å². The molecule has 0 aliphatic rings. The molecule has 4 rings (SSSR count). The summed E-state index contributed by atoms with van der Waals surface area (Å²) in [7, 11) is 0. The second-order valence-electron chi connectivity index (χ2n) is 8.45. The first-order valence-corrected chi connectivity index (χ1v) is 12.2. The third-order valence-corrected chi connectivity index (χ3v) is 6.01. The number of ether oxygens (including phenoxy) is 1. The lowest BCUT2D eigenvalue weighted by Crippen LogP contribution is -2.26. The normalized spacial score (nSPS) is 11.0. The molecule has 0 atom stereocenters. The van der Waals surface area contributed by atoms with E-state index in [1.807, 2.05) is 48.5 Å². The third kappa shape index (κ3) is 6.47. The van der Waals surface area contributed by atoms with Gasteiger partial charge in [0.05, 0.1) is 17.6 Å². The van der Waals surface area contributed by atoms with Gasteiger partial charge in [0.25, 0.3) is 0 Å². The average Bonchev–Trinajstić information content (AvgIpc) is 3.23. The van der Waals surface area contributed by atoms with Crippen LogP contribution in [0, 0.1) is 0 Å². The smallest absolute Gasteiger partial charge is 0.220 e. The van der Waals surface area contributed by atoms with Crippen molar-refractivity contribution in [3.05, 3.63) is 95.8 Å². The molecule has 1 N–H and O–H groups in total. The number of hydrogen-bond donors (Lipinski definition) is 1. The molecule has 176 valence electrons. The summed E-state index contributed by atoms with van der Waals surface area (Å²) in [6.45, 7) is 4.20. The maximum Gasteiger partial charge on any atom is 0.220 e. The number of rotatable bonds is 12. The van der Waals surface area contributed by atoms with Crippen LogP contribution in [0.5, 0.6) is 5.75 Å². The van der Waals surface area contributed by atoms with Crippen LogP contribution in [-0.2, 0) is 30.6 Å². The Hall–Kier alpha value is -3.60. The summed E-state index contributed by atoms with van der Waals surface area (Å²) in [5, 5.41) is 3.05. The van der Waals surface area contributed by atoms with E-state index in [0.717, 1.165) is 48.4 Å². The third-order valence-electron chi connectivity index (χ3n) is 6.01. The van der Waals surface area contributed by atoms with Gasteiger partial charge in [0.1, 0.15) is 11.6 Å². The SMILES string of the molecule is CCc1ccc(OCCCn2c(CCNC(=O)CCc3ccccc3)nc3ccccc32)cc1. The number of carbonyl (C=O) groups is 1. The average molecular weight is 456 g/mol. The Bertz CT molecular complexity index is 1180. The van der Waals surface area contributed by atoms with Crippen LogP contribution < -0.4 is 10.1 Å². The van der Waals surface area contributed by atoms with Crippen molar-refractivity contribution in [3.8, 4) is 5.75 Å². The van der Waals surface area contributed by atoms with Crippen LogP contribution >= 0.6 is 0 Å². The number of aromatic nitrogens is 2. The van der Waals surface area contributed by atoms with Gasteiger partial charge in [-0.1, -0.05) is 61.5 Å². The van der Waals surface area contributed by atoms with Gasteiger partial charge in [-0.25, -0.2) is 4.98 Å². The predicted molar refractivity (Wildman–Crippen MR) is 137 cm³/mol. The van der Waals surface area contributed by atoms with E-state index in [1.54, 1.807) is 0 Å². The highest BCUT2D eigenvalue weighted by molar-refractivity contribution is 5.77. The molecule has 0 aliphatic heterocycles. The Morgan fingerprint density at radius 2 is 1.68 bits per heavy atom. The van der Waals surface area contributed by atoms with Gasteiger partial charge in [-0.3, -0.25) is 4.79 Å². The molecular weight excluding hydrogens is 422 g/mol. The number of nitrogens with zero attached hydrogens (tertiary/aromatic N) is 2. The molecule has 5 nitrogen and oxygen atoms in total. The van der Waals surface area contributed by atoms with Gasteiger partial charge in [0.2, 0.25) is 5.91 Å². The molecule has 1 amide bonds. The first-order chi connectivity index (χ1) is 16.7. The Morgan fingerprint density at radius 3 is 2.47 bits per heavy atom. The molecule has 3 aromatic carbocycles. The number of nitrogens with one attached hydrogen (secondary N) is 1. The second kappa shape index (κ2) is 12.0. The number of carbonyl (C=O) groups excluding carboxylic acids is 1. The minimum Gasteiger partial charge on any atom is -0.494 e. The second-order valence-corrected chi connectivity index (χ2v) is 8.45. The number of fused-ring (bicyclic) bond motifs is 1. The fourth-order valence-corrected chi connectivity index (χ4v) is 4.10. The van der Waals surface area contributed by atoms with E-state index in [-0.39, 0.29) is 5.91 Å². The molecule has 0 bridgehead atoms. The maximum atomic E-state index is 12.3. The van der Waals surface area contributed by atoms with Crippen molar-refractivity contribution in [3.63, 3.8) is 0 Å². The minimum atomic E-state index is 0.0778. The van der Waals surface area contributed by atoms with Gasteiger partial charge in [0, 0.05) is 25.9 Å². The first-order valence-electron chi connectivity index (χ1n) is 12.2. The molecule has 0 saturated carbocycles. The molecule has 1 aromatic heterocycles. The lowest BCUT2D eigenvalue weighted by molar-refractivity contribution is -0.121. The highest BCUT2D eigenvalue weighted by Gasteiger charge is 2.11. The fraction of sp³-hybridized carbons (Fsp3) is 0.310. The van der Waals surface area contributed by atoms with Crippen molar-refractivity contribution in [2.24, 2.45) is 0 Å². The molecule has 1 heterocycles. The number of benzene rings is 3. The zero-order valence-electron chi connectivity index (χ0n) is 19.9. The molecule has 4 aromatic rings.